The Hall–Kier alpha value is -0.300. The van der Waals surface area contributed by atoms with Crippen LogP contribution in [0.4, 0.5) is 0 Å². The second-order valence-corrected chi connectivity index (χ2v) is 3.85. The van der Waals surface area contributed by atoms with Crippen LogP contribution < -0.4 is 0 Å². The van der Waals surface area contributed by atoms with E-state index in [4.69, 9.17) is 4.74 Å². The third-order valence-electron chi connectivity index (χ3n) is 3.33. The second kappa shape index (κ2) is 2.63. The summed E-state index contributed by atoms with van der Waals surface area (Å²) in [5, 5.41) is 0. The highest BCUT2D eigenvalue weighted by molar-refractivity contribution is 5.15. The molecule has 1 spiro atoms. The zero-order valence-corrected chi connectivity index (χ0v) is 7.07. The van der Waals surface area contributed by atoms with E-state index in [1.54, 1.807) is 0 Å². The fraction of sp³-hybridized carbons (Fsp3) is 0.800. The lowest BCUT2D eigenvalue weighted by Gasteiger charge is -2.34. The number of ether oxygens (including phenoxy) is 1. The van der Waals surface area contributed by atoms with Crippen LogP contribution in [0.25, 0.3) is 0 Å². The summed E-state index contributed by atoms with van der Waals surface area (Å²) in [4.78, 5) is 0. The maximum Gasteiger partial charge on any atom is 0.0474 e. The predicted octanol–water partition coefficient (Wildman–Crippen LogP) is 2.52. The molecule has 1 saturated carbocycles. The van der Waals surface area contributed by atoms with Crippen molar-refractivity contribution in [3.8, 4) is 0 Å². The minimum Gasteiger partial charge on any atom is -0.381 e. The smallest absolute Gasteiger partial charge is 0.0474 e. The van der Waals surface area contributed by atoms with Crippen molar-refractivity contribution in [3.63, 3.8) is 0 Å². The lowest BCUT2D eigenvalue weighted by Crippen LogP contribution is -2.27. The highest BCUT2D eigenvalue weighted by Gasteiger charge is 2.38. The molecular formula is C10H16O. The Kier molecular flexibility index (Phi) is 1.76. The molecule has 1 nitrogen and oxygen atoms in total. The molecule has 0 aromatic rings. The van der Waals surface area contributed by atoms with Crippen LogP contribution in [0.1, 0.15) is 32.1 Å². The first-order chi connectivity index (χ1) is 5.33. The maximum atomic E-state index is 5.36. The average molecular weight is 152 g/mol. The van der Waals surface area contributed by atoms with Gasteiger partial charge >= 0.3 is 0 Å². The fourth-order valence-corrected chi connectivity index (χ4v) is 2.45. The summed E-state index contributed by atoms with van der Waals surface area (Å²) in [7, 11) is 0. The van der Waals surface area contributed by atoms with Crippen molar-refractivity contribution < 1.29 is 4.74 Å². The summed E-state index contributed by atoms with van der Waals surface area (Å²) >= 11 is 0. The molecule has 0 bridgehead atoms. The molecule has 1 aliphatic carbocycles. The molecule has 1 saturated heterocycles. The first kappa shape index (κ1) is 7.35. The molecule has 0 aromatic heterocycles. The maximum absolute atomic E-state index is 5.36. The molecule has 2 rings (SSSR count). The van der Waals surface area contributed by atoms with Gasteiger partial charge in [-0.05, 0) is 37.5 Å². The molecule has 0 amide bonds. The Bertz CT molecular complexity index is 166. The Labute approximate surface area is 68.4 Å². The van der Waals surface area contributed by atoms with E-state index < -0.39 is 0 Å². The first-order valence-electron chi connectivity index (χ1n) is 4.60. The molecule has 1 aliphatic heterocycles. The third kappa shape index (κ3) is 1.12. The molecule has 1 heterocycles. The largest absolute Gasteiger partial charge is 0.381 e. The third-order valence-corrected chi connectivity index (χ3v) is 3.33. The van der Waals surface area contributed by atoms with Crippen LogP contribution in [0.15, 0.2) is 12.2 Å². The summed E-state index contributed by atoms with van der Waals surface area (Å²) in [6, 6.07) is 0. The van der Waals surface area contributed by atoms with Crippen LogP contribution in [-0.4, -0.2) is 13.2 Å². The quantitative estimate of drug-likeness (QED) is 0.485. The molecule has 0 radical (unpaired) electrons. The lowest BCUT2D eigenvalue weighted by molar-refractivity contribution is 0.0351. The standard InChI is InChI=1S/C10H16O/c1-9-3-2-4-10(9)5-7-11-8-6-10/h1-8H2. The molecule has 62 valence electrons. The van der Waals surface area contributed by atoms with Crippen LogP contribution in [0.5, 0.6) is 0 Å². The monoisotopic (exact) mass is 152 g/mol. The number of rotatable bonds is 0. The molecule has 2 fully saturated rings. The normalized spacial score (nSPS) is 29.6. The van der Waals surface area contributed by atoms with Gasteiger partial charge in [0.15, 0.2) is 0 Å². The van der Waals surface area contributed by atoms with Crippen molar-refractivity contribution in [2.45, 2.75) is 32.1 Å². The highest BCUT2D eigenvalue weighted by atomic mass is 16.5. The van der Waals surface area contributed by atoms with Crippen LogP contribution >= 0.6 is 0 Å². The molecule has 0 N–H and O–H groups in total. The van der Waals surface area contributed by atoms with E-state index in [-0.39, 0.29) is 0 Å². The first-order valence-corrected chi connectivity index (χ1v) is 4.60. The highest BCUT2D eigenvalue weighted by Crippen LogP contribution is 2.48. The number of hydrogen-bond acceptors (Lipinski definition) is 1. The van der Waals surface area contributed by atoms with Gasteiger partial charge < -0.3 is 4.74 Å². The number of hydrogen-bond donors (Lipinski definition) is 0. The van der Waals surface area contributed by atoms with Gasteiger partial charge in [-0.25, -0.2) is 0 Å². The zero-order valence-electron chi connectivity index (χ0n) is 7.07. The fourth-order valence-electron chi connectivity index (χ4n) is 2.45. The van der Waals surface area contributed by atoms with Gasteiger partial charge in [-0.2, -0.15) is 0 Å². The van der Waals surface area contributed by atoms with E-state index in [1.807, 2.05) is 0 Å². The molecule has 0 unspecified atom stereocenters. The predicted molar refractivity (Wildman–Crippen MR) is 45.5 cm³/mol. The van der Waals surface area contributed by atoms with Crippen molar-refractivity contribution >= 4 is 0 Å². The summed E-state index contributed by atoms with van der Waals surface area (Å²) < 4.78 is 5.36. The Balaban J connectivity index is 2.12. The van der Waals surface area contributed by atoms with Gasteiger partial charge in [0.25, 0.3) is 0 Å². The van der Waals surface area contributed by atoms with Gasteiger partial charge in [0.2, 0.25) is 0 Å². The van der Waals surface area contributed by atoms with Gasteiger partial charge in [0.1, 0.15) is 0 Å². The molecular weight excluding hydrogens is 136 g/mol. The Morgan fingerprint density at radius 2 is 1.91 bits per heavy atom. The molecule has 11 heavy (non-hydrogen) atoms. The Morgan fingerprint density at radius 3 is 2.45 bits per heavy atom. The summed E-state index contributed by atoms with van der Waals surface area (Å²) in [5.41, 5.74) is 2.01. The van der Waals surface area contributed by atoms with Gasteiger partial charge in [-0.15, -0.1) is 0 Å². The van der Waals surface area contributed by atoms with Gasteiger partial charge in [0, 0.05) is 13.2 Å². The van der Waals surface area contributed by atoms with Crippen molar-refractivity contribution in [3.05, 3.63) is 12.2 Å². The van der Waals surface area contributed by atoms with E-state index in [0.717, 1.165) is 13.2 Å². The van der Waals surface area contributed by atoms with Crippen molar-refractivity contribution in [1.82, 2.24) is 0 Å². The summed E-state index contributed by atoms with van der Waals surface area (Å²) in [6.45, 7) is 6.09. The Morgan fingerprint density at radius 1 is 1.18 bits per heavy atom. The topological polar surface area (TPSA) is 9.23 Å². The molecule has 2 aliphatic rings. The van der Waals surface area contributed by atoms with Crippen molar-refractivity contribution in [2.24, 2.45) is 5.41 Å². The summed E-state index contributed by atoms with van der Waals surface area (Å²) in [5.74, 6) is 0. The van der Waals surface area contributed by atoms with E-state index in [9.17, 15) is 0 Å². The van der Waals surface area contributed by atoms with Crippen LogP contribution in [0.3, 0.4) is 0 Å². The minimum absolute atomic E-state index is 0.512. The molecule has 0 atom stereocenters. The summed E-state index contributed by atoms with van der Waals surface area (Å²) in [6.07, 6.45) is 6.45. The molecule has 0 aromatic carbocycles. The van der Waals surface area contributed by atoms with Gasteiger partial charge in [0.05, 0.1) is 0 Å². The van der Waals surface area contributed by atoms with Crippen LogP contribution in [0, 0.1) is 5.41 Å². The van der Waals surface area contributed by atoms with E-state index in [0.29, 0.717) is 5.41 Å². The zero-order chi connectivity index (χ0) is 7.73. The van der Waals surface area contributed by atoms with Crippen LogP contribution in [-0.2, 0) is 4.74 Å². The van der Waals surface area contributed by atoms with Crippen molar-refractivity contribution in [1.29, 1.82) is 0 Å². The minimum atomic E-state index is 0.512. The SMILES string of the molecule is C=C1CCCC12CCOCC2. The number of allylic oxidation sites excluding steroid dienone is 1. The van der Waals surface area contributed by atoms with E-state index in [1.165, 1.54) is 37.7 Å². The van der Waals surface area contributed by atoms with E-state index >= 15 is 0 Å². The van der Waals surface area contributed by atoms with Crippen LogP contribution in [0.2, 0.25) is 0 Å². The van der Waals surface area contributed by atoms with Gasteiger partial charge in [-0.1, -0.05) is 12.2 Å². The second-order valence-electron chi connectivity index (χ2n) is 3.85. The van der Waals surface area contributed by atoms with Gasteiger partial charge in [-0.3, -0.25) is 0 Å². The average Bonchev–Trinajstić information content (AvgIpc) is 2.36. The molecule has 1 heteroatoms. The lowest BCUT2D eigenvalue weighted by atomic mass is 9.76. The van der Waals surface area contributed by atoms with Crippen molar-refractivity contribution in [2.75, 3.05) is 13.2 Å². The van der Waals surface area contributed by atoms with E-state index in [2.05, 4.69) is 6.58 Å².